The van der Waals surface area contributed by atoms with Gasteiger partial charge in [-0.1, -0.05) is 5.92 Å². The molecule has 1 atom stereocenters. The Hall–Kier alpha value is -1.28. The second-order valence-electron chi connectivity index (χ2n) is 2.95. The molecule has 4 heteroatoms. The van der Waals surface area contributed by atoms with Gasteiger partial charge in [0, 0.05) is 13.2 Å². The highest BCUT2D eigenvalue weighted by Gasteiger charge is 2.07. The normalized spacial score (nSPS) is 12.2. The van der Waals surface area contributed by atoms with Crippen molar-refractivity contribution in [1.29, 1.82) is 0 Å². The zero-order valence-electron chi connectivity index (χ0n) is 9.47. The molecule has 1 unspecified atom stereocenters. The molecule has 1 aromatic rings. The molecular weight excluding hydrogens is 208 g/mol. The van der Waals surface area contributed by atoms with E-state index in [0.717, 1.165) is 0 Å². The van der Waals surface area contributed by atoms with Gasteiger partial charge < -0.3 is 19.0 Å². The molecular formula is C12H16O4. The van der Waals surface area contributed by atoms with E-state index in [2.05, 4.69) is 11.8 Å². The van der Waals surface area contributed by atoms with E-state index in [1.54, 1.807) is 12.1 Å². The molecule has 0 spiro atoms. The van der Waals surface area contributed by atoms with Gasteiger partial charge in [0.1, 0.15) is 5.76 Å². The predicted molar refractivity (Wildman–Crippen MR) is 58.5 cm³/mol. The first-order chi connectivity index (χ1) is 7.77. The van der Waals surface area contributed by atoms with Crippen LogP contribution in [0.2, 0.25) is 0 Å². The van der Waals surface area contributed by atoms with Crippen molar-refractivity contribution in [3.8, 4) is 11.8 Å². The third kappa shape index (κ3) is 4.07. The number of hydrogen-bond acceptors (Lipinski definition) is 4. The van der Waals surface area contributed by atoms with Crippen LogP contribution in [0.3, 0.4) is 0 Å². The monoisotopic (exact) mass is 224 g/mol. The van der Waals surface area contributed by atoms with Gasteiger partial charge in [0.05, 0.1) is 6.26 Å². The first-order valence-electron chi connectivity index (χ1n) is 5.23. The molecule has 0 fully saturated rings. The minimum Gasteiger partial charge on any atom is -0.466 e. The van der Waals surface area contributed by atoms with Gasteiger partial charge in [-0.25, -0.2) is 0 Å². The van der Waals surface area contributed by atoms with E-state index in [9.17, 15) is 5.11 Å². The Morgan fingerprint density at radius 3 is 2.50 bits per heavy atom. The lowest BCUT2D eigenvalue weighted by Crippen LogP contribution is -2.15. The van der Waals surface area contributed by atoms with E-state index < -0.39 is 12.4 Å². The molecule has 0 aromatic carbocycles. The van der Waals surface area contributed by atoms with E-state index in [4.69, 9.17) is 13.9 Å². The fraction of sp³-hybridized carbons (Fsp3) is 0.500. The van der Waals surface area contributed by atoms with E-state index in [0.29, 0.717) is 19.0 Å². The van der Waals surface area contributed by atoms with Crippen LogP contribution in [0.1, 0.15) is 25.7 Å². The van der Waals surface area contributed by atoms with Gasteiger partial charge in [0.2, 0.25) is 6.29 Å². The van der Waals surface area contributed by atoms with E-state index >= 15 is 0 Å². The van der Waals surface area contributed by atoms with Gasteiger partial charge in [-0.05, 0) is 31.9 Å². The van der Waals surface area contributed by atoms with Gasteiger partial charge >= 0.3 is 0 Å². The Morgan fingerprint density at radius 1 is 1.31 bits per heavy atom. The smallest absolute Gasteiger partial charge is 0.222 e. The van der Waals surface area contributed by atoms with Gasteiger partial charge in [0.15, 0.2) is 6.10 Å². The molecule has 1 aromatic heterocycles. The standard InChI is InChI=1S/C12H16O4/c1-3-14-12(15-4-2)8-7-10(13)11-6-5-9-16-11/h5-6,9-10,12-13H,3-4H2,1-2H3. The maximum absolute atomic E-state index is 9.62. The fourth-order valence-electron chi connectivity index (χ4n) is 1.10. The molecule has 88 valence electrons. The van der Waals surface area contributed by atoms with E-state index in [-0.39, 0.29) is 0 Å². The van der Waals surface area contributed by atoms with Crippen molar-refractivity contribution < 1.29 is 19.0 Å². The Labute approximate surface area is 95.2 Å². The van der Waals surface area contributed by atoms with Crippen molar-refractivity contribution in [2.24, 2.45) is 0 Å². The largest absolute Gasteiger partial charge is 0.466 e. The van der Waals surface area contributed by atoms with Gasteiger partial charge in [-0.2, -0.15) is 0 Å². The van der Waals surface area contributed by atoms with Crippen molar-refractivity contribution >= 4 is 0 Å². The second kappa shape index (κ2) is 7.07. The van der Waals surface area contributed by atoms with Gasteiger partial charge in [-0.3, -0.25) is 0 Å². The van der Waals surface area contributed by atoms with Crippen LogP contribution in [0.15, 0.2) is 22.8 Å². The average Bonchev–Trinajstić information content (AvgIpc) is 2.79. The molecule has 0 saturated carbocycles. The lowest BCUT2D eigenvalue weighted by atomic mass is 10.3. The van der Waals surface area contributed by atoms with Crippen LogP contribution in [0.4, 0.5) is 0 Å². The third-order valence-electron chi connectivity index (χ3n) is 1.79. The van der Waals surface area contributed by atoms with Crippen LogP contribution < -0.4 is 0 Å². The second-order valence-corrected chi connectivity index (χ2v) is 2.95. The van der Waals surface area contributed by atoms with Crippen LogP contribution in [0.25, 0.3) is 0 Å². The summed E-state index contributed by atoms with van der Waals surface area (Å²) < 4.78 is 15.4. The van der Waals surface area contributed by atoms with Gasteiger partial charge in [0.25, 0.3) is 0 Å². The highest BCUT2D eigenvalue weighted by Crippen LogP contribution is 2.11. The zero-order valence-corrected chi connectivity index (χ0v) is 9.47. The summed E-state index contributed by atoms with van der Waals surface area (Å²) in [7, 11) is 0. The molecule has 1 heterocycles. The average molecular weight is 224 g/mol. The SMILES string of the molecule is CCOC(C#CC(O)c1ccco1)OCC. The summed E-state index contributed by atoms with van der Waals surface area (Å²) in [6.45, 7) is 4.74. The minimum absolute atomic E-state index is 0.416. The Morgan fingerprint density at radius 2 is 2.00 bits per heavy atom. The van der Waals surface area contributed by atoms with Crippen molar-refractivity contribution in [2.75, 3.05) is 13.2 Å². The molecule has 0 amide bonds. The summed E-state index contributed by atoms with van der Waals surface area (Å²) in [5.41, 5.74) is 0. The van der Waals surface area contributed by atoms with Crippen LogP contribution in [0.5, 0.6) is 0 Å². The topological polar surface area (TPSA) is 51.8 Å². The molecule has 1 rings (SSSR count). The molecule has 1 N–H and O–H groups in total. The molecule has 0 saturated heterocycles. The number of furan rings is 1. The minimum atomic E-state index is -0.946. The lowest BCUT2D eigenvalue weighted by molar-refractivity contribution is -0.0971. The van der Waals surface area contributed by atoms with Crippen molar-refractivity contribution in [1.82, 2.24) is 0 Å². The van der Waals surface area contributed by atoms with Crippen molar-refractivity contribution in [3.05, 3.63) is 24.2 Å². The molecule has 0 bridgehead atoms. The summed E-state index contributed by atoms with van der Waals surface area (Å²) in [6.07, 6.45) is -0.0546. The fourth-order valence-corrected chi connectivity index (χ4v) is 1.10. The summed E-state index contributed by atoms with van der Waals surface area (Å²) >= 11 is 0. The summed E-state index contributed by atoms with van der Waals surface area (Å²) in [6, 6.07) is 3.36. The molecule has 4 nitrogen and oxygen atoms in total. The van der Waals surface area contributed by atoms with Crippen molar-refractivity contribution in [3.63, 3.8) is 0 Å². The highest BCUT2D eigenvalue weighted by atomic mass is 16.7. The van der Waals surface area contributed by atoms with Crippen molar-refractivity contribution in [2.45, 2.75) is 26.2 Å². The maximum atomic E-state index is 9.62. The maximum Gasteiger partial charge on any atom is 0.222 e. The number of hydrogen-bond donors (Lipinski definition) is 1. The molecule has 0 aliphatic carbocycles. The van der Waals surface area contributed by atoms with Crippen LogP contribution >= 0.6 is 0 Å². The quantitative estimate of drug-likeness (QED) is 0.611. The Bertz CT molecular complexity index is 328. The molecule has 0 aliphatic heterocycles. The third-order valence-corrected chi connectivity index (χ3v) is 1.79. The number of ether oxygens (including phenoxy) is 2. The van der Waals surface area contributed by atoms with Gasteiger partial charge in [-0.15, -0.1) is 0 Å². The number of aliphatic hydroxyl groups excluding tert-OH is 1. The predicted octanol–water partition coefficient (Wildman–Crippen LogP) is 1.72. The Balaban J connectivity index is 2.56. The van der Waals surface area contributed by atoms with Crippen LogP contribution in [-0.2, 0) is 9.47 Å². The summed E-state index contributed by atoms with van der Waals surface area (Å²) in [5, 5.41) is 9.62. The zero-order chi connectivity index (χ0) is 11.8. The summed E-state index contributed by atoms with van der Waals surface area (Å²) in [4.78, 5) is 0. The summed E-state index contributed by atoms with van der Waals surface area (Å²) in [5.74, 6) is 5.74. The van der Waals surface area contributed by atoms with Crippen LogP contribution in [0, 0.1) is 11.8 Å². The first-order valence-corrected chi connectivity index (χ1v) is 5.23. The molecule has 0 aliphatic rings. The highest BCUT2D eigenvalue weighted by molar-refractivity contribution is 5.16. The van der Waals surface area contributed by atoms with E-state index in [1.165, 1.54) is 6.26 Å². The molecule has 0 radical (unpaired) electrons. The van der Waals surface area contributed by atoms with Crippen LogP contribution in [-0.4, -0.2) is 24.6 Å². The Kier molecular flexibility index (Phi) is 5.65. The number of aliphatic hydroxyl groups is 1. The van der Waals surface area contributed by atoms with E-state index in [1.807, 2.05) is 13.8 Å². The lowest BCUT2D eigenvalue weighted by Gasteiger charge is -2.09. The first kappa shape index (κ1) is 12.8. The molecule has 16 heavy (non-hydrogen) atoms. The number of rotatable bonds is 5.